The van der Waals surface area contributed by atoms with E-state index in [2.05, 4.69) is 5.32 Å². The summed E-state index contributed by atoms with van der Waals surface area (Å²) in [5, 5.41) is 12.8. The molecule has 0 aliphatic carbocycles. The Bertz CT molecular complexity index is 798. The molecule has 1 fully saturated rings. The van der Waals surface area contributed by atoms with E-state index in [9.17, 15) is 23.2 Å². The van der Waals surface area contributed by atoms with Crippen molar-refractivity contribution in [2.75, 3.05) is 6.54 Å². The van der Waals surface area contributed by atoms with Crippen LogP contribution < -0.4 is 5.32 Å². The molecule has 0 spiro atoms. The highest BCUT2D eigenvalue weighted by Gasteiger charge is 2.49. The van der Waals surface area contributed by atoms with Crippen LogP contribution in [-0.4, -0.2) is 24.5 Å². The first-order valence-corrected chi connectivity index (χ1v) is 7.69. The molecule has 2 atom stereocenters. The number of furan rings is 1. The van der Waals surface area contributed by atoms with Crippen molar-refractivity contribution in [3.05, 3.63) is 35.6 Å². The second-order valence-corrected chi connectivity index (χ2v) is 5.85. The number of carbonyl (C=O) groups excluding carboxylic acids is 1. The molecule has 3 rings (SSSR count). The fourth-order valence-electron chi connectivity index (χ4n) is 3.22. The summed E-state index contributed by atoms with van der Waals surface area (Å²) in [4.78, 5) is 12.1. The summed E-state index contributed by atoms with van der Waals surface area (Å²) in [6.07, 6.45) is -3.00. The van der Waals surface area contributed by atoms with Gasteiger partial charge >= 0.3 is 6.18 Å². The number of halogens is 3. The number of nitrogens with zero attached hydrogens (tertiary/aromatic N) is 1. The highest BCUT2D eigenvalue weighted by atomic mass is 19.4. The van der Waals surface area contributed by atoms with E-state index in [1.807, 2.05) is 6.07 Å². The van der Waals surface area contributed by atoms with Gasteiger partial charge in [0.05, 0.1) is 0 Å². The standard InChI is InChI=1S/C17H15F3N2O2/c18-17(19,20)16(23)14(12-6-3-4-8-22-12)15-11(9-21)10-5-1-2-7-13(10)24-15/h1-2,5,7,12,14,22H,3-4,6,8H2. The van der Waals surface area contributed by atoms with Crippen LogP contribution in [-0.2, 0) is 4.79 Å². The molecule has 1 N–H and O–H groups in total. The lowest BCUT2D eigenvalue weighted by molar-refractivity contribution is -0.174. The van der Waals surface area contributed by atoms with E-state index in [0.29, 0.717) is 23.9 Å². The van der Waals surface area contributed by atoms with Gasteiger partial charge in [-0.15, -0.1) is 0 Å². The summed E-state index contributed by atoms with van der Waals surface area (Å²) in [5.74, 6) is -3.62. The van der Waals surface area contributed by atoms with Gasteiger partial charge in [-0.25, -0.2) is 0 Å². The van der Waals surface area contributed by atoms with Crippen LogP contribution in [0.4, 0.5) is 13.2 Å². The summed E-state index contributed by atoms with van der Waals surface area (Å²) in [6.45, 7) is 0.536. The Morgan fingerprint density at radius 1 is 1.33 bits per heavy atom. The first kappa shape index (κ1) is 16.5. The van der Waals surface area contributed by atoms with Crippen LogP contribution in [0.1, 0.15) is 36.5 Å². The number of fused-ring (bicyclic) bond motifs is 1. The van der Waals surface area contributed by atoms with Crippen molar-refractivity contribution in [2.24, 2.45) is 0 Å². The summed E-state index contributed by atoms with van der Waals surface area (Å²) >= 11 is 0. The van der Waals surface area contributed by atoms with Gasteiger partial charge < -0.3 is 9.73 Å². The molecule has 4 nitrogen and oxygen atoms in total. The van der Waals surface area contributed by atoms with Gasteiger partial charge in [-0.3, -0.25) is 4.79 Å². The highest BCUT2D eigenvalue weighted by Crippen LogP contribution is 2.38. The second kappa shape index (κ2) is 6.29. The third-order valence-corrected chi connectivity index (χ3v) is 4.33. The highest BCUT2D eigenvalue weighted by molar-refractivity contribution is 5.94. The van der Waals surface area contributed by atoms with Gasteiger partial charge in [-0.2, -0.15) is 18.4 Å². The summed E-state index contributed by atoms with van der Waals surface area (Å²) in [5.41, 5.74) is 0.306. The van der Waals surface area contributed by atoms with E-state index in [1.165, 1.54) is 0 Å². The molecule has 2 aromatic rings. The van der Waals surface area contributed by atoms with Crippen LogP contribution >= 0.6 is 0 Å². The van der Waals surface area contributed by atoms with Gasteiger partial charge in [-0.1, -0.05) is 18.6 Å². The molecule has 1 aliphatic rings. The number of rotatable bonds is 3. The number of hydrogen-bond acceptors (Lipinski definition) is 4. The molecule has 2 unspecified atom stereocenters. The van der Waals surface area contributed by atoms with E-state index in [-0.39, 0.29) is 11.3 Å². The number of ketones is 1. The lowest BCUT2D eigenvalue weighted by Gasteiger charge is -2.29. The number of piperidine rings is 1. The topological polar surface area (TPSA) is 66.0 Å². The summed E-state index contributed by atoms with van der Waals surface area (Å²) < 4.78 is 44.9. The number of nitriles is 1. The first-order valence-electron chi connectivity index (χ1n) is 7.69. The largest absolute Gasteiger partial charge is 0.459 e. The van der Waals surface area contributed by atoms with Crippen LogP contribution in [0.3, 0.4) is 0 Å². The molecule has 126 valence electrons. The average molecular weight is 336 g/mol. The Hall–Kier alpha value is -2.33. The zero-order chi connectivity index (χ0) is 17.3. The van der Waals surface area contributed by atoms with Crippen molar-refractivity contribution >= 4 is 16.8 Å². The predicted octanol–water partition coefficient (Wildman–Crippen LogP) is 3.66. The Morgan fingerprint density at radius 2 is 2.08 bits per heavy atom. The smallest absolute Gasteiger partial charge is 0.450 e. The Morgan fingerprint density at radius 3 is 2.71 bits per heavy atom. The zero-order valence-corrected chi connectivity index (χ0v) is 12.7. The molecular formula is C17H15F3N2O2. The molecule has 0 bridgehead atoms. The number of para-hydroxylation sites is 1. The Balaban J connectivity index is 2.15. The van der Waals surface area contributed by atoms with Crippen molar-refractivity contribution in [3.63, 3.8) is 0 Å². The molecule has 1 aromatic heterocycles. The van der Waals surface area contributed by atoms with Crippen molar-refractivity contribution in [1.29, 1.82) is 5.26 Å². The van der Waals surface area contributed by atoms with E-state index < -0.39 is 23.9 Å². The molecule has 0 radical (unpaired) electrons. The summed E-state index contributed by atoms with van der Waals surface area (Å²) in [6, 6.07) is 7.71. The fourth-order valence-corrected chi connectivity index (χ4v) is 3.22. The van der Waals surface area contributed by atoms with Crippen LogP contribution in [0.5, 0.6) is 0 Å². The van der Waals surface area contributed by atoms with Crippen LogP contribution in [0, 0.1) is 11.3 Å². The van der Waals surface area contributed by atoms with E-state index >= 15 is 0 Å². The molecule has 7 heteroatoms. The minimum Gasteiger partial charge on any atom is -0.459 e. The van der Waals surface area contributed by atoms with Crippen molar-refractivity contribution < 1.29 is 22.4 Å². The molecule has 0 saturated carbocycles. The number of nitrogens with one attached hydrogen (secondary N) is 1. The number of carbonyl (C=O) groups is 1. The van der Waals surface area contributed by atoms with E-state index in [0.717, 1.165) is 12.8 Å². The lowest BCUT2D eigenvalue weighted by Crippen LogP contribution is -2.45. The first-order chi connectivity index (χ1) is 11.4. The average Bonchev–Trinajstić information content (AvgIpc) is 2.93. The predicted molar refractivity (Wildman–Crippen MR) is 80.4 cm³/mol. The maximum Gasteiger partial charge on any atom is 0.450 e. The van der Waals surface area contributed by atoms with Gasteiger partial charge in [0.1, 0.15) is 28.9 Å². The van der Waals surface area contributed by atoms with Gasteiger partial charge in [0.15, 0.2) is 0 Å². The molecule has 1 aromatic carbocycles. The Kier molecular flexibility index (Phi) is 4.33. The normalized spacial score (nSPS) is 19.8. The monoisotopic (exact) mass is 336 g/mol. The van der Waals surface area contributed by atoms with Gasteiger partial charge in [0.25, 0.3) is 0 Å². The maximum absolute atomic E-state index is 13.1. The van der Waals surface area contributed by atoms with Crippen LogP contribution in [0.2, 0.25) is 0 Å². The van der Waals surface area contributed by atoms with E-state index in [1.54, 1.807) is 24.3 Å². The quantitative estimate of drug-likeness (QED) is 0.929. The maximum atomic E-state index is 13.1. The summed E-state index contributed by atoms with van der Waals surface area (Å²) in [7, 11) is 0. The molecule has 1 aliphatic heterocycles. The van der Waals surface area contributed by atoms with Gasteiger partial charge in [-0.05, 0) is 31.5 Å². The second-order valence-electron chi connectivity index (χ2n) is 5.85. The third kappa shape index (κ3) is 2.89. The van der Waals surface area contributed by atoms with Gasteiger partial charge in [0, 0.05) is 11.4 Å². The van der Waals surface area contributed by atoms with Crippen LogP contribution in [0.15, 0.2) is 28.7 Å². The SMILES string of the molecule is N#Cc1c(C(C(=O)C(F)(F)F)C2CCCCN2)oc2ccccc12. The minimum absolute atomic E-state index is 0.000531. The lowest BCUT2D eigenvalue weighted by atomic mass is 9.85. The van der Waals surface area contributed by atoms with Crippen LogP contribution in [0.25, 0.3) is 11.0 Å². The minimum atomic E-state index is -4.99. The van der Waals surface area contributed by atoms with Crippen molar-refractivity contribution in [1.82, 2.24) is 5.32 Å². The molecule has 1 saturated heterocycles. The molecular weight excluding hydrogens is 321 g/mol. The fraction of sp³-hybridized carbons (Fsp3) is 0.412. The van der Waals surface area contributed by atoms with Crippen molar-refractivity contribution in [3.8, 4) is 6.07 Å². The third-order valence-electron chi connectivity index (χ3n) is 4.33. The Labute approximate surface area is 136 Å². The number of hydrogen-bond donors (Lipinski definition) is 1. The van der Waals surface area contributed by atoms with Gasteiger partial charge in [0.2, 0.25) is 5.78 Å². The molecule has 24 heavy (non-hydrogen) atoms. The molecule has 0 amide bonds. The molecule has 2 heterocycles. The zero-order valence-electron chi connectivity index (χ0n) is 12.7. The van der Waals surface area contributed by atoms with Crippen molar-refractivity contribution in [2.45, 2.75) is 37.4 Å². The number of benzene rings is 1. The number of Topliss-reactive ketones (excluding diaryl/α,β-unsaturated/α-hetero) is 1. The van der Waals surface area contributed by atoms with E-state index in [4.69, 9.17) is 4.42 Å². The number of alkyl halides is 3.